The highest BCUT2D eigenvalue weighted by Gasteiger charge is 2.30. The highest BCUT2D eigenvalue weighted by atomic mass is 19.4. The van der Waals surface area contributed by atoms with Gasteiger partial charge in [0, 0.05) is 29.2 Å². The lowest BCUT2D eigenvalue weighted by Gasteiger charge is -2.08. The molecule has 0 saturated carbocycles. The van der Waals surface area contributed by atoms with Crippen LogP contribution in [-0.4, -0.2) is 14.5 Å². The molecule has 0 saturated heterocycles. The third-order valence-electron chi connectivity index (χ3n) is 3.34. The minimum atomic E-state index is -4.34. The van der Waals surface area contributed by atoms with Gasteiger partial charge in [-0.25, -0.2) is 4.98 Å². The molecule has 0 atom stereocenters. The highest BCUT2D eigenvalue weighted by molar-refractivity contribution is 5.95. The van der Waals surface area contributed by atoms with E-state index in [2.05, 4.69) is 9.97 Å². The van der Waals surface area contributed by atoms with Gasteiger partial charge in [-0.15, -0.1) is 0 Å². The van der Waals surface area contributed by atoms with Gasteiger partial charge < -0.3 is 9.55 Å². The quantitative estimate of drug-likeness (QED) is 0.753. The lowest BCUT2D eigenvalue weighted by molar-refractivity contribution is -0.137. The summed E-state index contributed by atoms with van der Waals surface area (Å²) in [7, 11) is 0. The maximum absolute atomic E-state index is 12.8. The summed E-state index contributed by atoms with van der Waals surface area (Å²) < 4.78 is 40.3. The van der Waals surface area contributed by atoms with E-state index in [1.807, 2.05) is 11.5 Å². The number of aryl methyl sites for hydroxylation is 1. The van der Waals surface area contributed by atoms with Gasteiger partial charge in [0.05, 0.1) is 23.8 Å². The first-order valence-corrected chi connectivity index (χ1v) is 6.19. The summed E-state index contributed by atoms with van der Waals surface area (Å²) in [5.74, 6) is 0. The van der Waals surface area contributed by atoms with Gasteiger partial charge in [-0.3, -0.25) is 0 Å². The van der Waals surface area contributed by atoms with Crippen molar-refractivity contribution < 1.29 is 13.2 Å². The molecule has 6 heteroatoms. The largest absolute Gasteiger partial charge is 0.416 e. The van der Waals surface area contributed by atoms with Crippen LogP contribution in [0, 0.1) is 0 Å². The van der Waals surface area contributed by atoms with Crippen LogP contribution in [0.1, 0.15) is 12.5 Å². The minimum Gasteiger partial charge on any atom is -0.360 e. The van der Waals surface area contributed by atoms with Gasteiger partial charge in [-0.2, -0.15) is 13.2 Å². The van der Waals surface area contributed by atoms with Crippen molar-refractivity contribution in [1.29, 1.82) is 0 Å². The molecular formula is C14H12F3N3. The zero-order valence-corrected chi connectivity index (χ0v) is 10.7. The molecule has 2 heterocycles. The van der Waals surface area contributed by atoms with Crippen LogP contribution in [0.2, 0.25) is 0 Å². The molecule has 0 amide bonds. The number of hydrogen-bond acceptors (Lipinski definition) is 1. The van der Waals surface area contributed by atoms with E-state index < -0.39 is 11.7 Å². The molecule has 20 heavy (non-hydrogen) atoms. The molecule has 2 aromatic heterocycles. The Morgan fingerprint density at radius 3 is 2.80 bits per heavy atom. The molecule has 1 aromatic carbocycles. The number of nitrogens with one attached hydrogen (secondary N) is 1. The highest BCUT2D eigenvalue weighted by Crippen LogP contribution is 2.35. The Morgan fingerprint density at radius 2 is 2.10 bits per heavy atom. The Labute approximate surface area is 113 Å². The molecule has 0 radical (unpaired) electrons. The van der Waals surface area contributed by atoms with Gasteiger partial charge in [0.15, 0.2) is 0 Å². The van der Waals surface area contributed by atoms with Crippen molar-refractivity contribution in [3.8, 4) is 11.3 Å². The van der Waals surface area contributed by atoms with Crippen molar-refractivity contribution in [3.63, 3.8) is 0 Å². The minimum absolute atomic E-state index is 0.551. The number of rotatable bonds is 2. The molecule has 3 nitrogen and oxygen atoms in total. The fourth-order valence-electron chi connectivity index (χ4n) is 2.31. The monoisotopic (exact) mass is 279 g/mol. The van der Waals surface area contributed by atoms with Crippen LogP contribution in [0.25, 0.3) is 22.2 Å². The lowest BCUT2D eigenvalue weighted by Crippen LogP contribution is -2.04. The lowest BCUT2D eigenvalue weighted by atomic mass is 10.1. The molecule has 3 rings (SSSR count). The van der Waals surface area contributed by atoms with Crippen molar-refractivity contribution in [2.45, 2.75) is 19.6 Å². The molecule has 0 spiro atoms. The third kappa shape index (κ3) is 1.97. The average molecular weight is 279 g/mol. The Balaban J connectivity index is 2.22. The molecule has 0 unspecified atom stereocenters. The number of aromatic nitrogens is 3. The van der Waals surface area contributed by atoms with Gasteiger partial charge in [0.2, 0.25) is 0 Å². The topological polar surface area (TPSA) is 33.6 Å². The number of nitrogens with zero attached hydrogens (tertiary/aromatic N) is 2. The number of hydrogen-bond donors (Lipinski definition) is 1. The molecule has 3 aromatic rings. The fourth-order valence-corrected chi connectivity index (χ4v) is 2.31. The predicted molar refractivity (Wildman–Crippen MR) is 70.2 cm³/mol. The van der Waals surface area contributed by atoms with Crippen molar-refractivity contribution >= 4 is 10.9 Å². The summed E-state index contributed by atoms with van der Waals surface area (Å²) in [5, 5.41) is 0.551. The molecule has 0 aliphatic heterocycles. The van der Waals surface area contributed by atoms with Gasteiger partial charge >= 0.3 is 6.18 Å². The number of imidazole rings is 1. The Morgan fingerprint density at radius 1 is 1.30 bits per heavy atom. The maximum atomic E-state index is 12.8. The van der Waals surface area contributed by atoms with Crippen LogP contribution in [0.5, 0.6) is 0 Å². The Bertz CT molecular complexity index is 752. The second-order valence-corrected chi connectivity index (χ2v) is 4.53. The molecule has 104 valence electrons. The maximum Gasteiger partial charge on any atom is 0.416 e. The first kappa shape index (κ1) is 12.8. The zero-order chi connectivity index (χ0) is 14.3. The van der Waals surface area contributed by atoms with E-state index in [0.717, 1.165) is 17.3 Å². The van der Waals surface area contributed by atoms with E-state index in [-0.39, 0.29) is 0 Å². The van der Waals surface area contributed by atoms with Crippen LogP contribution >= 0.6 is 0 Å². The van der Waals surface area contributed by atoms with Gasteiger partial charge in [-0.1, -0.05) is 0 Å². The molecule has 0 bridgehead atoms. The fraction of sp³-hybridized carbons (Fsp3) is 0.214. The number of alkyl halides is 3. The summed E-state index contributed by atoms with van der Waals surface area (Å²) >= 11 is 0. The molecule has 0 aliphatic rings. The van der Waals surface area contributed by atoms with E-state index in [1.165, 1.54) is 12.1 Å². The van der Waals surface area contributed by atoms with Crippen LogP contribution in [-0.2, 0) is 12.7 Å². The number of aromatic amines is 1. The number of fused-ring (bicyclic) bond motifs is 1. The van der Waals surface area contributed by atoms with Crippen molar-refractivity contribution in [2.75, 3.05) is 0 Å². The molecule has 0 fully saturated rings. The van der Waals surface area contributed by atoms with E-state index in [9.17, 15) is 13.2 Å². The first-order valence-electron chi connectivity index (χ1n) is 6.19. The second-order valence-electron chi connectivity index (χ2n) is 4.53. The van der Waals surface area contributed by atoms with Crippen LogP contribution in [0.15, 0.2) is 36.9 Å². The van der Waals surface area contributed by atoms with Crippen molar-refractivity contribution in [3.05, 3.63) is 42.5 Å². The van der Waals surface area contributed by atoms with Crippen LogP contribution in [0.3, 0.4) is 0 Å². The standard InChI is InChI=1S/C14H12F3N3/c1-2-20-8-18-7-13(20)11-6-19-12-4-3-9(5-10(11)12)14(15,16)17/h3-8,19H,2H2,1H3. The Hall–Kier alpha value is -2.24. The van der Waals surface area contributed by atoms with Gasteiger partial charge in [0.25, 0.3) is 0 Å². The van der Waals surface area contributed by atoms with E-state index >= 15 is 0 Å². The predicted octanol–water partition coefficient (Wildman–Crippen LogP) is 4.07. The second kappa shape index (κ2) is 4.40. The van der Waals surface area contributed by atoms with E-state index in [0.29, 0.717) is 17.4 Å². The normalized spacial score (nSPS) is 12.2. The number of benzene rings is 1. The summed E-state index contributed by atoms with van der Waals surface area (Å²) in [4.78, 5) is 7.05. The zero-order valence-electron chi connectivity index (χ0n) is 10.7. The Kier molecular flexibility index (Phi) is 2.81. The smallest absolute Gasteiger partial charge is 0.360 e. The van der Waals surface area contributed by atoms with E-state index in [1.54, 1.807) is 18.7 Å². The number of H-pyrrole nitrogens is 1. The molecular weight excluding hydrogens is 267 g/mol. The van der Waals surface area contributed by atoms with Crippen molar-refractivity contribution in [1.82, 2.24) is 14.5 Å². The molecule has 1 N–H and O–H groups in total. The number of halogens is 3. The molecule has 0 aliphatic carbocycles. The van der Waals surface area contributed by atoms with Crippen LogP contribution < -0.4 is 0 Å². The SMILES string of the molecule is CCn1cncc1-c1c[nH]c2ccc(C(F)(F)F)cc12. The average Bonchev–Trinajstić information content (AvgIpc) is 3.02. The summed E-state index contributed by atoms with van der Waals surface area (Å²) in [6.45, 7) is 2.67. The van der Waals surface area contributed by atoms with E-state index in [4.69, 9.17) is 0 Å². The van der Waals surface area contributed by atoms with Gasteiger partial charge in [-0.05, 0) is 25.1 Å². The summed E-state index contributed by atoms with van der Waals surface area (Å²) in [6.07, 6.45) is 0.704. The van der Waals surface area contributed by atoms with Crippen LogP contribution in [0.4, 0.5) is 13.2 Å². The first-order chi connectivity index (χ1) is 9.50. The summed E-state index contributed by atoms with van der Waals surface area (Å²) in [6, 6.07) is 3.71. The summed E-state index contributed by atoms with van der Waals surface area (Å²) in [5.41, 5.74) is 1.56. The van der Waals surface area contributed by atoms with Crippen molar-refractivity contribution in [2.24, 2.45) is 0 Å². The third-order valence-corrected chi connectivity index (χ3v) is 3.34. The van der Waals surface area contributed by atoms with Gasteiger partial charge in [0.1, 0.15) is 0 Å².